The van der Waals surface area contributed by atoms with Crippen LogP contribution in [0.5, 0.6) is 0 Å². The fourth-order valence-electron chi connectivity index (χ4n) is 9.30. The number of carbonyl (C=O) groups excluding carboxylic acids is 5. The Labute approximate surface area is 304 Å². The molecule has 9 atom stereocenters. The van der Waals surface area contributed by atoms with Gasteiger partial charge in [-0.1, -0.05) is 39.0 Å². The Balaban J connectivity index is 1.50. The molecule has 0 amide bonds. The predicted molar refractivity (Wildman–Crippen MR) is 181 cm³/mol. The number of hydrogen-bond acceptors (Lipinski definition) is 14. The number of non-ortho nitro benzene ring substituents is 1. The number of ketones is 1. The maximum absolute atomic E-state index is 15.3. The molecule has 4 aliphatic rings. The summed E-state index contributed by atoms with van der Waals surface area (Å²) in [4.78, 5) is 78.8. The molecule has 3 aliphatic carbocycles. The summed E-state index contributed by atoms with van der Waals surface area (Å²) in [5, 5.41) is 35.6. The van der Waals surface area contributed by atoms with Crippen LogP contribution in [0.3, 0.4) is 0 Å². The second-order valence-corrected chi connectivity index (χ2v) is 15.0. The van der Waals surface area contributed by atoms with Crippen LogP contribution in [0.25, 0.3) is 0 Å². The molecule has 0 spiro atoms. The van der Waals surface area contributed by atoms with Crippen molar-refractivity contribution >= 4 is 35.5 Å². The predicted octanol–water partition coefficient (Wildman–Crippen LogP) is 4.27. The third-order valence-electron chi connectivity index (χ3n) is 11.9. The van der Waals surface area contributed by atoms with Crippen LogP contribution in [0.1, 0.15) is 75.1 Å². The number of Topliss-reactive ketones (excluding diaryl/α,β-unsaturated/α-hetero) is 1. The Bertz CT molecular complexity index is 1910. The summed E-state index contributed by atoms with van der Waals surface area (Å²) in [6.07, 6.45) is -7.55. The molecule has 1 aliphatic heterocycles. The van der Waals surface area contributed by atoms with Gasteiger partial charge < -0.3 is 33.9 Å². The van der Waals surface area contributed by atoms with Crippen molar-refractivity contribution in [2.45, 2.75) is 90.0 Å². The highest BCUT2D eigenvalue weighted by atomic mass is 16.7. The molecule has 2 aromatic rings. The van der Waals surface area contributed by atoms with Crippen LogP contribution in [-0.4, -0.2) is 87.2 Å². The molecule has 2 bridgehead atoms. The number of nitro groups is 1. The normalized spacial score (nSPS) is 34.2. The fourth-order valence-corrected chi connectivity index (χ4v) is 9.30. The number of aliphatic hydroxyl groups is 2. The van der Waals surface area contributed by atoms with Crippen LogP contribution in [-0.2, 0) is 33.3 Å². The van der Waals surface area contributed by atoms with Crippen LogP contribution in [0.2, 0.25) is 0 Å². The Morgan fingerprint density at radius 2 is 1.58 bits per heavy atom. The number of esters is 3. The lowest BCUT2D eigenvalue weighted by molar-refractivity contribution is -0.384. The van der Waals surface area contributed by atoms with Crippen LogP contribution in [0, 0.1) is 32.8 Å². The van der Waals surface area contributed by atoms with E-state index >= 15 is 4.79 Å². The number of aliphatic hydroxyl groups excluding tert-OH is 1. The van der Waals surface area contributed by atoms with Crippen molar-refractivity contribution in [3.05, 3.63) is 87.0 Å². The van der Waals surface area contributed by atoms with Crippen LogP contribution in [0.4, 0.5) is 10.5 Å². The molecule has 0 radical (unpaired) electrons. The van der Waals surface area contributed by atoms with Gasteiger partial charge in [0.1, 0.15) is 29.7 Å². The number of carbonyl (C=O) groups is 5. The number of nitrogens with zero attached hydrogens (tertiary/aromatic N) is 1. The van der Waals surface area contributed by atoms with Gasteiger partial charge in [-0.05, 0) is 49.3 Å². The molecule has 2 saturated carbocycles. The first-order chi connectivity index (χ1) is 24.8. The van der Waals surface area contributed by atoms with E-state index in [2.05, 4.69) is 0 Å². The van der Waals surface area contributed by atoms with Gasteiger partial charge in [0.2, 0.25) is 0 Å². The summed E-state index contributed by atoms with van der Waals surface area (Å²) in [5.74, 6) is -5.84. The van der Waals surface area contributed by atoms with E-state index in [0.717, 1.165) is 31.2 Å². The van der Waals surface area contributed by atoms with Gasteiger partial charge in [0, 0.05) is 43.2 Å². The van der Waals surface area contributed by atoms with Crippen LogP contribution < -0.4 is 0 Å². The molecule has 1 saturated heterocycles. The lowest BCUT2D eigenvalue weighted by atomic mass is 9.43. The first kappa shape index (κ1) is 37.8. The summed E-state index contributed by atoms with van der Waals surface area (Å²) in [7, 11) is 0. The highest BCUT2D eigenvalue weighted by molar-refractivity contribution is 5.96. The zero-order valence-electron chi connectivity index (χ0n) is 30.0. The summed E-state index contributed by atoms with van der Waals surface area (Å²) < 4.78 is 29.0. The maximum atomic E-state index is 15.3. The molecule has 2 N–H and O–H groups in total. The molecule has 53 heavy (non-hydrogen) atoms. The molecule has 2 aromatic carbocycles. The lowest BCUT2D eigenvalue weighted by Gasteiger charge is -2.67. The quantitative estimate of drug-likeness (QED) is 0.106. The van der Waals surface area contributed by atoms with Gasteiger partial charge in [0.05, 0.1) is 40.1 Å². The van der Waals surface area contributed by atoms with Crippen LogP contribution >= 0.6 is 0 Å². The van der Waals surface area contributed by atoms with Gasteiger partial charge in [-0.15, -0.1) is 0 Å². The third-order valence-corrected chi connectivity index (χ3v) is 11.9. The van der Waals surface area contributed by atoms with Gasteiger partial charge in [0.25, 0.3) is 5.69 Å². The van der Waals surface area contributed by atoms with Crippen molar-refractivity contribution in [2.24, 2.45) is 22.7 Å². The van der Waals surface area contributed by atoms with Gasteiger partial charge >= 0.3 is 24.1 Å². The Morgan fingerprint density at radius 1 is 0.962 bits per heavy atom. The summed E-state index contributed by atoms with van der Waals surface area (Å²) in [5.41, 5.74) is -6.61. The van der Waals surface area contributed by atoms with E-state index in [1.165, 1.54) is 19.1 Å². The Hall–Kier alpha value is -4.99. The van der Waals surface area contributed by atoms with E-state index in [1.807, 2.05) is 0 Å². The average molecular weight is 736 g/mol. The molecular formula is C38H41NO14. The molecule has 2 unspecified atom stereocenters. The largest absolute Gasteiger partial charge is 0.516 e. The molecular weight excluding hydrogens is 694 g/mol. The van der Waals surface area contributed by atoms with Gasteiger partial charge in [-0.3, -0.25) is 19.7 Å². The fraction of sp³-hybridized carbons (Fsp3) is 0.500. The number of hydrogen-bond donors (Lipinski definition) is 2. The van der Waals surface area contributed by atoms with Crippen molar-refractivity contribution in [2.75, 3.05) is 6.61 Å². The molecule has 0 aromatic heterocycles. The van der Waals surface area contributed by atoms with Crippen LogP contribution in [0.15, 0.2) is 65.7 Å². The van der Waals surface area contributed by atoms with Crippen molar-refractivity contribution in [3.8, 4) is 0 Å². The minimum atomic E-state index is -2.12. The Kier molecular flexibility index (Phi) is 9.36. The summed E-state index contributed by atoms with van der Waals surface area (Å²) in [6.45, 7) is 9.02. The maximum Gasteiger partial charge on any atom is 0.516 e. The number of fused-ring (bicyclic) bond motifs is 5. The van der Waals surface area contributed by atoms with E-state index in [9.17, 15) is 39.5 Å². The number of nitro benzene ring substituents is 1. The summed E-state index contributed by atoms with van der Waals surface area (Å²) >= 11 is 0. The Morgan fingerprint density at radius 3 is 2.15 bits per heavy atom. The van der Waals surface area contributed by atoms with Crippen molar-refractivity contribution < 1.29 is 62.8 Å². The third kappa shape index (κ3) is 5.81. The molecule has 15 nitrogen and oxygen atoms in total. The average Bonchev–Trinajstić information content (AvgIpc) is 3.09. The molecule has 1 heterocycles. The highest BCUT2D eigenvalue weighted by Crippen LogP contribution is 2.65. The van der Waals surface area contributed by atoms with E-state index in [0.29, 0.717) is 11.1 Å². The van der Waals surface area contributed by atoms with Crippen molar-refractivity contribution in [1.82, 2.24) is 0 Å². The standard InChI is InChI=1S/C38H41NO14/c1-19-25(41)17-38(46)31(51-32(43)22-10-8-7-9-11-22)29-36(6,30(42)20(2)28(19)35(38,4)5)26(16-27-37(29,18-49-27)53-21(3)40)50-34(45)52-33(44)23-12-14-24(15-13-23)39(47)48/h7-15,20,25-27,29,31,41,46H,16-18H2,1-6H3/t20-,25+,26+,27-,29?,31?,36-,37+,38-/m1/s1. The number of rotatable bonds is 6. The monoisotopic (exact) mass is 735 g/mol. The number of benzene rings is 2. The number of ether oxygens (including phenoxy) is 5. The zero-order chi connectivity index (χ0) is 38.8. The zero-order valence-corrected chi connectivity index (χ0v) is 30.0. The smallest absolute Gasteiger partial charge is 0.455 e. The first-order valence-electron chi connectivity index (χ1n) is 17.2. The second-order valence-electron chi connectivity index (χ2n) is 15.0. The molecule has 282 valence electrons. The molecule has 15 heteroatoms. The summed E-state index contributed by atoms with van der Waals surface area (Å²) in [6, 6.07) is 12.2. The molecule has 3 fully saturated rings. The van der Waals surface area contributed by atoms with Crippen molar-refractivity contribution in [3.63, 3.8) is 0 Å². The first-order valence-corrected chi connectivity index (χ1v) is 17.2. The second kappa shape index (κ2) is 13.1. The van der Waals surface area contributed by atoms with Gasteiger partial charge in [-0.25, -0.2) is 14.4 Å². The molecule has 6 rings (SSSR count). The van der Waals surface area contributed by atoms with E-state index < -0.39 is 93.1 Å². The lowest BCUT2D eigenvalue weighted by Crippen LogP contribution is -2.81. The SMILES string of the molecule is CC(=O)O[C@@]12CO[C@@H]1C[C@H](OC(=O)OC(=O)c1ccc([N+](=O)[O-])cc1)[C@@]1(C)C(=O)[C@H](C)C3=C(C)[C@@H](O)C[C@@](O)(C(OC(=O)c4ccccc4)C12)C3(C)C. The van der Waals surface area contributed by atoms with E-state index in [1.54, 1.807) is 45.9 Å². The van der Waals surface area contributed by atoms with Crippen molar-refractivity contribution in [1.29, 1.82) is 0 Å². The van der Waals surface area contributed by atoms with Gasteiger partial charge in [-0.2, -0.15) is 0 Å². The minimum absolute atomic E-state index is 0.112. The van der Waals surface area contributed by atoms with E-state index in [4.69, 9.17) is 23.7 Å². The highest BCUT2D eigenvalue weighted by Gasteiger charge is 2.78. The van der Waals surface area contributed by atoms with Gasteiger partial charge in [0.15, 0.2) is 5.60 Å². The minimum Gasteiger partial charge on any atom is -0.455 e. The van der Waals surface area contributed by atoms with E-state index in [-0.39, 0.29) is 36.3 Å². The topological polar surface area (TPSA) is 215 Å².